The second-order valence-corrected chi connectivity index (χ2v) is 8.57. The van der Waals surface area contributed by atoms with Crippen LogP contribution in [0.2, 0.25) is 5.15 Å². The van der Waals surface area contributed by atoms with Gasteiger partial charge in [0, 0.05) is 25.3 Å². The molecular weight excluding hydrogens is 416 g/mol. The number of aliphatic carboxylic acids is 1. The zero-order chi connectivity index (χ0) is 23.6. The summed E-state index contributed by atoms with van der Waals surface area (Å²) >= 11 is 6.40. The van der Waals surface area contributed by atoms with Crippen molar-refractivity contribution in [3.05, 3.63) is 57.6 Å². The highest BCUT2D eigenvalue weighted by Crippen LogP contribution is 2.22. The van der Waals surface area contributed by atoms with Gasteiger partial charge >= 0.3 is 5.97 Å². The van der Waals surface area contributed by atoms with Crippen molar-refractivity contribution < 1.29 is 19.4 Å². The summed E-state index contributed by atoms with van der Waals surface area (Å²) in [6, 6.07) is 7.49. The predicted molar refractivity (Wildman–Crippen MR) is 123 cm³/mol. The first-order valence-corrected chi connectivity index (χ1v) is 10.9. The minimum atomic E-state index is -0.833. The first-order valence-electron chi connectivity index (χ1n) is 10.5. The van der Waals surface area contributed by atoms with Crippen LogP contribution in [0, 0.1) is 0 Å². The van der Waals surface area contributed by atoms with Crippen LogP contribution < -0.4 is 0 Å². The zero-order valence-corrected chi connectivity index (χ0v) is 20.0. The van der Waals surface area contributed by atoms with Crippen LogP contribution >= 0.6 is 11.6 Å². The lowest BCUT2D eigenvalue weighted by Gasteiger charge is -2.19. The van der Waals surface area contributed by atoms with Crippen molar-refractivity contribution >= 4 is 23.5 Å². The summed E-state index contributed by atoms with van der Waals surface area (Å²) in [4.78, 5) is 30.4. The van der Waals surface area contributed by atoms with Gasteiger partial charge in [-0.15, -0.1) is 0 Å². The molecule has 7 heteroatoms. The molecule has 0 fully saturated rings. The van der Waals surface area contributed by atoms with E-state index in [0.717, 1.165) is 55.3 Å². The Morgan fingerprint density at radius 2 is 1.68 bits per heavy atom. The predicted octanol–water partition coefficient (Wildman–Crippen LogP) is 5.67. The third kappa shape index (κ3) is 9.92. The van der Waals surface area contributed by atoms with Gasteiger partial charge in [0.25, 0.3) is 5.97 Å². The number of halogens is 1. The molecule has 1 N–H and O–H groups in total. The fraction of sp³-hybridized carbons (Fsp3) is 0.500. The van der Waals surface area contributed by atoms with E-state index in [0.29, 0.717) is 17.1 Å². The van der Waals surface area contributed by atoms with Crippen LogP contribution in [0.15, 0.2) is 24.3 Å². The molecule has 1 heterocycles. The summed E-state index contributed by atoms with van der Waals surface area (Å²) in [6.07, 6.45) is 4.44. The van der Waals surface area contributed by atoms with Gasteiger partial charge in [-0.05, 0) is 51.3 Å². The third-order valence-corrected chi connectivity index (χ3v) is 4.47. The van der Waals surface area contributed by atoms with Crippen LogP contribution in [0.5, 0.6) is 0 Å². The SMILES string of the molecule is CC(=O)O.CCCCc1nc(Cl)c(CC)c(Cc2ccc(C(=O)OC(C)(C)C)cc2)n1. The van der Waals surface area contributed by atoms with E-state index in [9.17, 15) is 4.79 Å². The Bertz CT molecular complexity index is 870. The molecule has 0 bridgehead atoms. The molecule has 2 rings (SSSR count). The number of ether oxygens (including phenoxy) is 1. The normalized spacial score (nSPS) is 10.8. The molecule has 0 aliphatic rings. The molecule has 0 saturated heterocycles. The lowest BCUT2D eigenvalue weighted by atomic mass is 10.0. The van der Waals surface area contributed by atoms with E-state index in [2.05, 4.69) is 18.8 Å². The van der Waals surface area contributed by atoms with Crippen molar-refractivity contribution in [3.63, 3.8) is 0 Å². The maximum Gasteiger partial charge on any atom is 0.338 e. The summed E-state index contributed by atoms with van der Waals surface area (Å²) in [5, 5.41) is 7.97. The molecule has 0 spiro atoms. The molecule has 0 aliphatic heterocycles. The number of hydrogen-bond donors (Lipinski definition) is 1. The monoisotopic (exact) mass is 448 g/mol. The molecule has 170 valence electrons. The maximum atomic E-state index is 12.2. The molecular formula is C24H33ClN2O4. The van der Waals surface area contributed by atoms with Crippen LogP contribution in [0.1, 0.15) is 87.4 Å². The van der Waals surface area contributed by atoms with Gasteiger partial charge in [-0.3, -0.25) is 4.79 Å². The highest BCUT2D eigenvalue weighted by atomic mass is 35.5. The number of carboxylic acids is 1. The number of carbonyl (C=O) groups is 2. The molecule has 0 radical (unpaired) electrons. The number of esters is 1. The van der Waals surface area contributed by atoms with Crippen LogP contribution in [-0.4, -0.2) is 32.6 Å². The summed E-state index contributed by atoms with van der Waals surface area (Å²) in [7, 11) is 0. The van der Waals surface area contributed by atoms with E-state index < -0.39 is 11.6 Å². The van der Waals surface area contributed by atoms with Crippen molar-refractivity contribution in [1.29, 1.82) is 0 Å². The van der Waals surface area contributed by atoms with Crippen molar-refractivity contribution in [3.8, 4) is 0 Å². The van der Waals surface area contributed by atoms with Gasteiger partial charge in [0.05, 0.1) is 11.3 Å². The Labute approximate surface area is 190 Å². The summed E-state index contributed by atoms with van der Waals surface area (Å²) in [5.74, 6) is -0.338. The van der Waals surface area contributed by atoms with Gasteiger partial charge in [0.2, 0.25) is 0 Å². The van der Waals surface area contributed by atoms with Crippen LogP contribution in [0.3, 0.4) is 0 Å². The number of unbranched alkanes of at least 4 members (excludes halogenated alkanes) is 1. The number of aryl methyl sites for hydroxylation is 1. The Kier molecular flexibility index (Phi) is 10.6. The van der Waals surface area contributed by atoms with Crippen LogP contribution in [0.4, 0.5) is 0 Å². The summed E-state index contributed by atoms with van der Waals surface area (Å²) in [5.41, 5.74) is 3.09. The molecule has 0 aliphatic carbocycles. The smallest absolute Gasteiger partial charge is 0.338 e. The van der Waals surface area contributed by atoms with Crippen molar-refractivity contribution in [2.45, 2.75) is 79.2 Å². The molecule has 0 saturated carbocycles. The van der Waals surface area contributed by atoms with Gasteiger partial charge < -0.3 is 9.84 Å². The lowest BCUT2D eigenvalue weighted by Crippen LogP contribution is -2.23. The van der Waals surface area contributed by atoms with Gasteiger partial charge in [0.15, 0.2) is 0 Å². The second-order valence-electron chi connectivity index (χ2n) is 8.21. The average molecular weight is 449 g/mol. The molecule has 6 nitrogen and oxygen atoms in total. The molecule has 0 amide bonds. The fourth-order valence-corrected chi connectivity index (χ4v) is 3.12. The van der Waals surface area contributed by atoms with E-state index in [4.69, 9.17) is 31.2 Å². The van der Waals surface area contributed by atoms with E-state index in [1.54, 1.807) is 12.1 Å². The zero-order valence-electron chi connectivity index (χ0n) is 19.3. The van der Waals surface area contributed by atoms with Crippen molar-refractivity contribution in [1.82, 2.24) is 9.97 Å². The van der Waals surface area contributed by atoms with Crippen LogP contribution in [-0.2, 0) is 28.8 Å². The molecule has 0 atom stereocenters. The number of carboxylic acid groups (broad SMARTS) is 1. The minimum absolute atomic E-state index is 0.310. The van der Waals surface area contributed by atoms with Gasteiger partial charge in [-0.2, -0.15) is 0 Å². The first kappa shape index (κ1) is 26.6. The Hall–Kier alpha value is -2.47. The highest BCUT2D eigenvalue weighted by molar-refractivity contribution is 6.30. The largest absolute Gasteiger partial charge is 0.481 e. The van der Waals surface area contributed by atoms with Gasteiger partial charge in [-0.1, -0.05) is 44.0 Å². The quantitative estimate of drug-likeness (QED) is 0.433. The summed E-state index contributed by atoms with van der Waals surface area (Å²) in [6.45, 7) is 10.9. The topological polar surface area (TPSA) is 89.4 Å². The summed E-state index contributed by atoms with van der Waals surface area (Å²) < 4.78 is 5.41. The van der Waals surface area contributed by atoms with E-state index in [1.807, 2.05) is 32.9 Å². The Balaban J connectivity index is 0.00000110. The third-order valence-electron chi connectivity index (χ3n) is 4.16. The second kappa shape index (κ2) is 12.4. The molecule has 2 aromatic rings. The van der Waals surface area contributed by atoms with Gasteiger partial charge in [0.1, 0.15) is 16.6 Å². The standard InChI is InChI=1S/C22H29ClN2O2.C2H4O2/c1-6-8-9-19-24-18(17(7-2)20(23)25-19)14-15-10-12-16(13-11-15)21(26)27-22(3,4)5;1-2(3)4/h10-13H,6-9,14H2,1-5H3;1H3,(H,3,4). The number of benzene rings is 1. The minimum Gasteiger partial charge on any atom is -0.481 e. The molecule has 0 unspecified atom stereocenters. The number of hydrogen-bond acceptors (Lipinski definition) is 5. The number of aromatic nitrogens is 2. The fourth-order valence-electron chi connectivity index (χ4n) is 2.78. The lowest BCUT2D eigenvalue weighted by molar-refractivity contribution is -0.134. The van der Waals surface area contributed by atoms with E-state index in [-0.39, 0.29) is 5.97 Å². The first-order chi connectivity index (χ1) is 14.5. The number of nitrogens with zero attached hydrogens (tertiary/aromatic N) is 2. The average Bonchev–Trinajstić information content (AvgIpc) is 2.65. The van der Waals surface area contributed by atoms with E-state index in [1.165, 1.54) is 0 Å². The van der Waals surface area contributed by atoms with Gasteiger partial charge in [-0.25, -0.2) is 14.8 Å². The van der Waals surface area contributed by atoms with Crippen molar-refractivity contribution in [2.75, 3.05) is 0 Å². The highest BCUT2D eigenvalue weighted by Gasteiger charge is 2.18. The molecule has 31 heavy (non-hydrogen) atoms. The Morgan fingerprint density at radius 3 is 2.16 bits per heavy atom. The number of rotatable bonds is 7. The number of carbonyl (C=O) groups excluding carboxylic acids is 1. The molecule has 1 aromatic carbocycles. The van der Waals surface area contributed by atoms with Crippen LogP contribution in [0.25, 0.3) is 0 Å². The van der Waals surface area contributed by atoms with Crippen molar-refractivity contribution in [2.24, 2.45) is 0 Å². The van der Waals surface area contributed by atoms with E-state index >= 15 is 0 Å². The Morgan fingerprint density at radius 1 is 1.10 bits per heavy atom. The maximum absolute atomic E-state index is 12.2. The molecule has 1 aromatic heterocycles.